The number of rotatable bonds is 5. The molecule has 1 heterocycles. The molecule has 150 valence electrons. The first kappa shape index (κ1) is 20.2. The largest absolute Gasteiger partial charge is 0.417 e. The number of hydrogen-bond donors (Lipinski definition) is 2. The molecule has 1 aliphatic heterocycles. The molecule has 0 unspecified atom stereocenters. The number of hydrogen-bond acceptors (Lipinski definition) is 4. The Kier molecular flexibility index (Phi) is 5.35. The van der Waals surface area contributed by atoms with Crippen molar-refractivity contribution in [2.45, 2.75) is 30.5 Å². The van der Waals surface area contributed by atoms with Gasteiger partial charge in [0.25, 0.3) is 0 Å². The second-order valence-electron chi connectivity index (χ2n) is 6.42. The highest BCUT2D eigenvalue weighted by Crippen LogP contribution is 2.35. The molecule has 0 atom stereocenters. The summed E-state index contributed by atoms with van der Waals surface area (Å²) in [7, 11) is -4.50. The lowest BCUT2D eigenvalue weighted by Gasteiger charge is -2.16. The van der Waals surface area contributed by atoms with E-state index in [0.717, 1.165) is 29.8 Å². The third-order valence-corrected chi connectivity index (χ3v) is 5.38. The van der Waals surface area contributed by atoms with Crippen LogP contribution < -0.4 is 15.4 Å². The van der Waals surface area contributed by atoms with Crippen LogP contribution in [0.1, 0.15) is 24.0 Å². The Morgan fingerprint density at radius 3 is 2.32 bits per heavy atom. The number of anilines is 2. The smallest absolute Gasteiger partial charge is 0.381 e. The van der Waals surface area contributed by atoms with Crippen LogP contribution in [-0.2, 0) is 27.5 Å². The Balaban J connectivity index is 1.75. The molecule has 28 heavy (non-hydrogen) atoms. The maximum Gasteiger partial charge on any atom is 0.417 e. The van der Waals surface area contributed by atoms with Crippen LogP contribution in [-0.4, -0.2) is 20.9 Å². The van der Waals surface area contributed by atoms with Crippen molar-refractivity contribution in [1.29, 1.82) is 0 Å². The first-order valence-electron chi connectivity index (χ1n) is 8.43. The predicted molar refractivity (Wildman–Crippen MR) is 98.2 cm³/mol. The summed E-state index contributed by atoms with van der Waals surface area (Å²) in [5.74, 6) is 0.0699. The van der Waals surface area contributed by atoms with Crippen LogP contribution in [0.25, 0.3) is 0 Å². The molecule has 1 fully saturated rings. The zero-order valence-corrected chi connectivity index (χ0v) is 15.5. The van der Waals surface area contributed by atoms with E-state index in [4.69, 9.17) is 5.14 Å². The van der Waals surface area contributed by atoms with Crippen LogP contribution >= 0.6 is 0 Å². The van der Waals surface area contributed by atoms with Crippen molar-refractivity contribution in [2.24, 2.45) is 5.14 Å². The second-order valence-corrected chi connectivity index (χ2v) is 7.95. The number of nitrogens with one attached hydrogen (secondary N) is 1. The normalized spacial score (nSPS) is 15.1. The first-order chi connectivity index (χ1) is 13.1. The van der Waals surface area contributed by atoms with E-state index in [1.54, 1.807) is 29.2 Å². The molecule has 0 spiro atoms. The van der Waals surface area contributed by atoms with E-state index in [1.807, 2.05) is 0 Å². The lowest BCUT2D eigenvalue weighted by Crippen LogP contribution is -2.23. The highest BCUT2D eigenvalue weighted by molar-refractivity contribution is 7.89. The Hall–Kier alpha value is -2.59. The topological polar surface area (TPSA) is 92.5 Å². The van der Waals surface area contributed by atoms with Crippen LogP contribution in [0.5, 0.6) is 0 Å². The molecule has 2 aromatic carbocycles. The zero-order chi connectivity index (χ0) is 20.5. The minimum Gasteiger partial charge on any atom is -0.381 e. The number of halogens is 3. The molecule has 0 saturated carbocycles. The minimum absolute atomic E-state index is 0.0699. The van der Waals surface area contributed by atoms with Gasteiger partial charge in [0, 0.05) is 30.9 Å². The van der Waals surface area contributed by atoms with Gasteiger partial charge in [-0.05, 0) is 42.3 Å². The van der Waals surface area contributed by atoms with Gasteiger partial charge in [-0.3, -0.25) is 4.79 Å². The standard InChI is InChI=1S/C18H18F3N3O3S/c19-18(20,21)15-10-13(5-8-16(15)28(22,26)27)23-11-12-3-6-14(7-4-12)24-9-1-2-17(24)25/h3-8,10,23H,1-2,9,11H2,(H2,22,26,27). The van der Waals surface area contributed by atoms with E-state index >= 15 is 0 Å². The van der Waals surface area contributed by atoms with Gasteiger partial charge in [-0.25, -0.2) is 13.6 Å². The summed E-state index contributed by atoms with van der Waals surface area (Å²) >= 11 is 0. The highest BCUT2D eigenvalue weighted by Gasteiger charge is 2.36. The summed E-state index contributed by atoms with van der Waals surface area (Å²) < 4.78 is 62.3. The SMILES string of the molecule is NS(=O)(=O)c1ccc(NCc2ccc(N3CCCC3=O)cc2)cc1C(F)(F)F. The number of benzene rings is 2. The predicted octanol–water partition coefficient (Wildman–Crippen LogP) is 3.09. The van der Waals surface area contributed by atoms with Crippen LogP contribution in [0.3, 0.4) is 0 Å². The molecule has 3 rings (SSSR count). The second kappa shape index (κ2) is 7.44. The number of sulfonamides is 1. The van der Waals surface area contributed by atoms with Crippen LogP contribution in [0, 0.1) is 0 Å². The van der Waals surface area contributed by atoms with E-state index in [1.165, 1.54) is 6.07 Å². The molecule has 10 heteroatoms. The Morgan fingerprint density at radius 1 is 1.11 bits per heavy atom. The number of nitrogens with two attached hydrogens (primary N) is 1. The van der Waals surface area contributed by atoms with Crippen LogP contribution in [0.2, 0.25) is 0 Å². The maximum atomic E-state index is 13.2. The zero-order valence-electron chi connectivity index (χ0n) is 14.7. The fraction of sp³-hybridized carbons (Fsp3) is 0.278. The summed E-state index contributed by atoms with van der Waals surface area (Å²) in [6.45, 7) is 0.896. The van der Waals surface area contributed by atoms with Gasteiger partial charge in [0.1, 0.15) is 0 Å². The first-order valence-corrected chi connectivity index (χ1v) is 9.97. The number of carbonyl (C=O) groups is 1. The molecule has 1 saturated heterocycles. The summed E-state index contributed by atoms with van der Waals surface area (Å²) in [6.07, 6.45) is -3.51. The van der Waals surface area contributed by atoms with Gasteiger partial charge in [-0.1, -0.05) is 12.1 Å². The number of nitrogens with zero attached hydrogens (tertiary/aromatic N) is 1. The summed E-state index contributed by atoms with van der Waals surface area (Å²) in [6, 6.07) is 9.90. The fourth-order valence-corrected chi connectivity index (χ4v) is 3.77. The van der Waals surface area contributed by atoms with E-state index in [-0.39, 0.29) is 18.1 Å². The van der Waals surface area contributed by atoms with Gasteiger partial charge < -0.3 is 10.2 Å². The molecule has 3 N–H and O–H groups in total. The van der Waals surface area contributed by atoms with Crippen molar-refractivity contribution >= 4 is 27.3 Å². The van der Waals surface area contributed by atoms with Crippen LogP contribution in [0.15, 0.2) is 47.4 Å². The van der Waals surface area contributed by atoms with Gasteiger partial charge in [0.05, 0.1) is 10.5 Å². The van der Waals surface area contributed by atoms with Crippen molar-refractivity contribution in [1.82, 2.24) is 0 Å². The average molecular weight is 413 g/mol. The van der Waals surface area contributed by atoms with Gasteiger partial charge in [-0.2, -0.15) is 13.2 Å². The van der Waals surface area contributed by atoms with E-state index in [2.05, 4.69) is 5.32 Å². The Morgan fingerprint density at radius 2 is 1.79 bits per heavy atom. The molecule has 1 aliphatic rings. The molecule has 1 amide bonds. The molecule has 0 aliphatic carbocycles. The number of carbonyl (C=O) groups excluding carboxylic acids is 1. The van der Waals surface area contributed by atoms with Crippen LogP contribution in [0.4, 0.5) is 24.5 Å². The van der Waals surface area contributed by atoms with E-state index < -0.39 is 26.7 Å². The third kappa shape index (κ3) is 4.45. The number of alkyl halides is 3. The van der Waals surface area contributed by atoms with E-state index in [0.29, 0.717) is 13.0 Å². The average Bonchev–Trinajstić information content (AvgIpc) is 3.04. The monoisotopic (exact) mass is 413 g/mol. The Bertz CT molecular complexity index is 989. The quantitative estimate of drug-likeness (QED) is 0.788. The highest BCUT2D eigenvalue weighted by atomic mass is 32.2. The van der Waals surface area contributed by atoms with E-state index in [9.17, 15) is 26.4 Å². The molecular formula is C18H18F3N3O3S. The summed E-state index contributed by atoms with van der Waals surface area (Å²) in [5.41, 5.74) is 0.365. The molecular weight excluding hydrogens is 395 g/mol. The molecule has 2 aromatic rings. The number of primary sulfonamides is 1. The number of amides is 1. The minimum atomic E-state index is -4.86. The summed E-state index contributed by atoms with van der Waals surface area (Å²) in [4.78, 5) is 12.5. The maximum absolute atomic E-state index is 13.2. The lowest BCUT2D eigenvalue weighted by molar-refractivity contribution is -0.139. The molecule has 0 bridgehead atoms. The van der Waals surface area contributed by atoms with Crippen molar-refractivity contribution in [2.75, 3.05) is 16.8 Å². The Labute approximate surface area is 160 Å². The molecule has 0 aromatic heterocycles. The molecule has 6 nitrogen and oxygen atoms in total. The fourth-order valence-electron chi connectivity index (χ4n) is 3.03. The lowest BCUT2D eigenvalue weighted by atomic mass is 10.1. The van der Waals surface area contributed by atoms with Gasteiger partial charge in [0.15, 0.2) is 0 Å². The third-order valence-electron chi connectivity index (χ3n) is 4.41. The van der Waals surface area contributed by atoms with Gasteiger partial charge in [0.2, 0.25) is 15.9 Å². The summed E-state index contributed by atoms with van der Waals surface area (Å²) in [5, 5.41) is 7.70. The van der Waals surface area contributed by atoms with Crippen molar-refractivity contribution < 1.29 is 26.4 Å². The van der Waals surface area contributed by atoms with Gasteiger partial charge in [-0.15, -0.1) is 0 Å². The van der Waals surface area contributed by atoms with Crippen molar-refractivity contribution in [3.63, 3.8) is 0 Å². The van der Waals surface area contributed by atoms with Gasteiger partial charge >= 0.3 is 6.18 Å². The van der Waals surface area contributed by atoms with Crippen molar-refractivity contribution in [3.05, 3.63) is 53.6 Å². The molecule has 0 radical (unpaired) electrons. The van der Waals surface area contributed by atoms with Crippen molar-refractivity contribution in [3.8, 4) is 0 Å².